The van der Waals surface area contributed by atoms with Gasteiger partial charge in [-0.15, -0.1) is 0 Å². The number of nitrogens with zero attached hydrogens (tertiary/aromatic N) is 1. The van der Waals surface area contributed by atoms with Crippen molar-refractivity contribution in [2.75, 3.05) is 12.8 Å². The van der Waals surface area contributed by atoms with Gasteiger partial charge in [0.15, 0.2) is 0 Å². The summed E-state index contributed by atoms with van der Waals surface area (Å²) in [4.78, 5) is 26.3. The third-order valence-electron chi connectivity index (χ3n) is 4.66. The molecule has 1 aliphatic heterocycles. The Morgan fingerprint density at radius 1 is 1.25 bits per heavy atom. The molecule has 2 unspecified atom stereocenters. The molecule has 1 fully saturated rings. The maximum Gasteiger partial charge on any atom is 0.261 e. The van der Waals surface area contributed by atoms with Crippen molar-refractivity contribution in [1.82, 2.24) is 4.90 Å². The first-order valence-corrected chi connectivity index (χ1v) is 6.68. The zero-order valence-corrected chi connectivity index (χ0v) is 11.8. The quantitative estimate of drug-likeness (QED) is 0.658. The van der Waals surface area contributed by atoms with E-state index in [1.165, 1.54) is 4.90 Å². The van der Waals surface area contributed by atoms with Crippen LogP contribution >= 0.6 is 0 Å². The number of hydrogen-bond donors (Lipinski definition) is 1. The molecule has 0 radical (unpaired) electrons. The highest BCUT2D eigenvalue weighted by Crippen LogP contribution is 2.47. The van der Waals surface area contributed by atoms with E-state index in [1.807, 2.05) is 13.8 Å². The molecule has 2 N–H and O–H groups in total. The highest BCUT2D eigenvalue weighted by atomic mass is 16.5. The smallest absolute Gasteiger partial charge is 0.261 e. The predicted octanol–water partition coefficient (Wildman–Crippen LogP) is 1.68. The number of hydrogen-bond acceptors (Lipinski definition) is 4. The molecule has 1 heterocycles. The van der Waals surface area contributed by atoms with Crippen molar-refractivity contribution in [2.45, 2.75) is 32.4 Å². The highest BCUT2D eigenvalue weighted by molar-refractivity contribution is 6.22. The third-order valence-corrected chi connectivity index (χ3v) is 4.66. The number of nitrogen functional groups attached to an aromatic ring is 1. The normalized spacial score (nSPS) is 27.4. The molecule has 2 aliphatic rings. The van der Waals surface area contributed by atoms with E-state index in [-0.39, 0.29) is 29.4 Å². The molecule has 1 aliphatic carbocycles. The Labute approximate surface area is 117 Å². The van der Waals surface area contributed by atoms with Crippen LogP contribution in [0.3, 0.4) is 0 Å². The Kier molecular flexibility index (Phi) is 2.66. The van der Waals surface area contributed by atoms with Crippen molar-refractivity contribution < 1.29 is 14.3 Å². The van der Waals surface area contributed by atoms with Gasteiger partial charge in [-0.25, -0.2) is 0 Å². The number of imide groups is 1. The molecule has 5 heteroatoms. The van der Waals surface area contributed by atoms with Crippen molar-refractivity contribution in [3.05, 3.63) is 29.3 Å². The zero-order chi connectivity index (χ0) is 14.7. The summed E-state index contributed by atoms with van der Waals surface area (Å²) >= 11 is 0. The predicted molar refractivity (Wildman–Crippen MR) is 74.3 cm³/mol. The maximum atomic E-state index is 12.5. The van der Waals surface area contributed by atoms with Gasteiger partial charge in [0.1, 0.15) is 0 Å². The Bertz CT molecular complexity index is 609. The van der Waals surface area contributed by atoms with Crippen LogP contribution < -0.4 is 5.73 Å². The second-order valence-corrected chi connectivity index (χ2v) is 6.08. The van der Waals surface area contributed by atoms with Crippen LogP contribution in [-0.2, 0) is 4.74 Å². The summed E-state index contributed by atoms with van der Waals surface area (Å²) in [5.41, 5.74) is 6.82. The van der Waals surface area contributed by atoms with E-state index in [0.717, 1.165) is 0 Å². The second-order valence-electron chi connectivity index (χ2n) is 6.08. The summed E-state index contributed by atoms with van der Waals surface area (Å²) in [6.45, 7) is 4.04. The van der Waals surface area contributed by atoms with Gasteiger partial charge in [0.2, 0.25) is 0 Å². The summed E-state index contributed by atoms with van der Waals surface area (Å²) in [5.74, 6) is -0.470. The number of amides is 2. The fourth-order valence-corrected chi connectivity index (χ4v) is 3.26. The summed E-state index contributed by atoms with van der Waals surface area (Å²) < 4.78 is 5.39. The molecular formula is C15H18N2O3. The molecule has 1 aromatic rings. The lowest BCUT2D eigenvalue weighted by Gasteiger charge is -2.53. The Hall–Kier alpha value is -1.88. The summed E-state index contributed by atoms with van der Waals surface area (Å²) in [5, 5.41) is 0. The van der Waals surface area contributed by atoms with Crippen LogP contribution in [0.25, 0.3) is 0 Å². The largest absolute Gasteiger partial charge is 0.399 e. The van der Waals surface area contributed by atoms with Crippen molar-refractivity contribution in [2.24, 2.45) is 5.41 Å². The first-order chi connectivity index (χ1) is 9.37. The number of methoxy groups -OCH3 is 1. The van der Waals surface area contributed by atoms with Gasteiger partial charge >= 0.3 is 0 Å². The Morgan fingerprint density at radius 3 is 2.50 bits per heavy atom. The molecule has 20 heavy (non-hydrogen) atoms. The molecular weight excluding hydrogens is 256 g/mol. The van der Waals surface area contributed by atoms with Crippen molar-refractivity contribution in [3.8, 4) is 0 Å². The van der Waals surface area contributed by atoms with Crippen LogP contribution in [0.4, 0.5) is 5.69 Å². The highest BCUT2D eigenvalue weighted by Gasteiger charge is 2.56. The molecule has 0 aromatic heterocycles. The number of rotatable bonds is 2. The lowest BCUT2D eigenvalue weighted by atomic mass is 9.63. The van der Waals surface area contributed by atoms with E-state index in [0.29, 0.717) is 23.2 Å². The average Bonchev–Trinajstić information content (AvgIpc) is 2.63. The van der Waals surface area contributed by atoms with Crippen LogP contribution in [-0.4, -0.2) is 36.0 Å². The molecule has 1 aromatic carbocycles. The molecule has 1 saturated carbocycles. The van der Waals surface area contributed by atoms with Gasteiger partial charge in [0, 0.05) is 18.2 Å². The molecule has 106 valence electrons. The SMILES string of the molecule is COC1CC(N2C(=O)c3ccc(N)cc3C2=O)C1(C)C. The van der Waals surface area contributed by atoms with Crippen LogP contribution in [0.1, 0.15) is 41.0 Å². The second kappa shape index (κ2) is 4.06. The van der Waals surface area contributed by atoms with Crippen molar-refractivity contribution in [1.29, 1.82) is 0 Å². The summed E-state index contributed by atoms with van der Waals surface area (Å²) in [6, 6.07) is 4.73. The molecule has 2 atom stereocenters. The van der Waals surface area contributed by atoms with Gasteiger partial charge < -0.3 is 10.5 Å². The zero-order valence-electron chi connectivity index (χ0n) is 11.8. The standard InChI is InChI=1S/C15H18N2O3/c1-15(2)11(7-12(15)20-3)17-13(18)9-5-4-8(16)6-10(9)14(17)19/h4-6,11-12H,7,16H2,1-3H3. The fraction of sp³-hybridized carbons (Fsp3) is 0.467. The van der Waals surface area contributed by atoms with E-state index in [2.05, 4.69) is 0 Å². The van der Waals surface area contributed by atoms with Crippen LogP contribution in [0.15, 0.2) is 18.2 Å². The van der Waals surface area contributed by atoms with Gasteiger partial charge in [-0.1, -0.05) is 13.8 Å². The van der Waals surface area contributed by atoms with E-state index < -0.39 is 0 Å². The molecule has 0 saturated heterocycles. The lowest BCUT2D eigenvalue weighted by molar-refractivity contribution is -0.119. The summed E-state index contributed by atoms with van der Waals surface area (Å²) in [7, 11) is 1.66. The molecule has 3 rings (SSSR count). The first-order valence-electron chi connectivity index (χ1n) is 6.68. The minimum atomic E-state index is -0.245. The van der Waals surface area contributed by atoms with E-state index in [9.17, 15) is 9.59 Å². The molecule has 0 spiro atoms. The van der Waals surface area contributed by atoms with Gasteiger partial charge in [0.05, 0.1) is 23.3 Å². The lowest BCUT2D eigenvalue weighted by Crippen LogP contribution is -2.63. The minimum absolute atomic E-state index is 0.0712. The fourth-order valence-electron chi connectivity index (χ4n) is 3.26. The average molecular weight is 274 g/mol. The number of benzene rings is 1. The van der Waals surface area contributed by atoms with Crippen molar-refractivity contribution in [3.63, 3.8) is 0 Å². The van der Waals surface area contributed by atoms with E-state index in [1.54, 1.807) is 25.3 Å². The van der Waals surface area contributed by atoms with Gasteiger partial charge in [-0.3, -0.25) is 14.5 Å². The number of nitrogens with two attached hydrogens (primary N) is 1. The van der Waals surface area contributed by atoms with Gasteiger partial charge in [-0.05, 0) is 24.6 Å². The number of anilines is 1. The molecule has 0 bridgehead atoms. The monoisotopic (exact) mass is 274 g/mol. The number of ether oxygens (including phenoxy) is 1. The number of carbonyl (C=O) groups excluding carboxylic acids is 2. The maximum absolute atomic E-state index is 12.5. The van der Waals surface area contributed by atoms with Gasteiger partial charge in [-0.2, -0.15) is 0 Å². The summed E-state index contributed by atoms with van der Waals surface area (Å²) in [6.07, 6.45) is 0.756. The minimum Gasteiger partial charge on any atom is -0.399 e. The van der Waals surface area contributed by atoms with Gasteiger partial charge in [0.25, 0.3) is 11.8 Å². The Balaban J connectivity index is 1.95. The van der Waals surface area contributed by atoms with E-state index >= 15 is 0 Å². The number of carbonyl (C=O) groups is 2. The third kappa shape index (κ3) is 1.53. The van der Waals surface area contributed by atoms with Crippen LogP contribution in [0, 0.1) is 5.41 Å². The number of fused-ring (bicyclic) bond motifs is 1. The first kappa shape index (κ1) is 13.1. The van der Waals surface area contributed by atoms with E-state index in [4.69, 9.17) is 10.5 Å². The molecule has 2 amide bonds. The topological polar surface area (TPSA) is 72.6 Å². The Morgan fingerprint density at radius 2 is 1.90 bits per heavy atom. The van der Waals surface area contributed by atoms with Crippen LogP contribution in [0.5, 0.6) is 0 Å². The molecule has 5 nitrogen and oxygen atoms in total. The van der Waals surface area contributed by atoms with Crippen LogP contribution in [0.2, 0.25) is 0 Å². The van der Waals surface area contributed by atoms with Crippen molar-refractivity contribution >= 4 is 17.5 Å².